The maximum absolute atomic E-state index is 10.2. The van der Waals surface area contributed by atoms with Gasteiger partial charge in [0.15, 0.2) is 0 Å². The Morgan fingerprint density at radius 2 is 2.07 bits per heavy atom. The zero-order valence-electron chi connectivity index (χ0n) is 9.15. The molecule has 0 saturated carbocycles. The quantitative estimate of drug-likeness (QED) is 0.432. The van der Waals surface area contributed by atoms with E-state index in [1.807, 2.05) is 6.92 Å². The number of aliphatic carboxylic acids is 1. The van der Waals surface area contributed by atoms with Gasteiger partial charge in [0.25, 0.3) is 0 Å². The summed E-state index contributed by atoms with van der Waals surface area (Å²) in [5.74, 6) is -0.612. The van der Waals surface area contributed by atoms with Crippen molar-refractivity contribution < 1.29 is 20.1 Å². The van der Waals surface area contributed by atoms with Gasteiger partial charge in [-0.1, -0.05) is 13.3 Å². The second kappa shape index (κ2) is 8.64. The number of hydrogen-bond donors (Lipinski definition) is 4. The zero-order chi connectivity index (χ0) is 11.7. The fourth-order valence-corrected chi connectivity index (χ4v) is 1.36. The van der Waals surface area contributed by atoms with Crippen LogP contribution < -0.4 is 5.32 Å². The molecule has 0 spiro atoms. The lowest BCUT2D eigenvalue weighted by Crippen LogP contribution is -2.32. The van der Waals surface area contributed by atoms with Crippen molar-refractivity contribution in [2.45, 2.75) is 32.3 Å². The highest BCUT2D eigenvalue weighted by molar-refractivity contribution is 5.67. The molecule has 2 atom stereocenters. The number of carbonyl (C=O) groups is 1. The molecule has 5 heteroatoms. The molecule has 0 bridgehead atoms. The molecule has 0 heterocycles. The Labute approximate surface area is 90.1 Å². The van der Waals surface area contributed by atoms with Gasteiger partial charge >= 0.3 is 5.97 Å². The predicted molar refractivity (Wildman–Crippen MR) is 56.6 cm³/mol. The van der Waals surface area contributed by atoms with Crippen molar-refractivity contribution in [1.29, 1.82) is 0 Å². The van der Waals surface area contributed by atoms with E-state index in [-0.39, 0.29) is 19.6 Å². The molecule has 0 rings (SSSR count). The van der Waals surface area contributed by atoms with E-state index in [1.165, 1.54) is 0 Å². The lowest BCUT2D eigenvalue weighted by Gasteiger charge is -2.15. The molecule has 5 nitrogen and oxygen atoms in total. The molecule has 0 aromatic heterocycles. The van der Waals surface area contributed by atoms with Crippen molar-refractivity contribution >= 4 is 5.97 Å². The van der Waals surface area contributed by atoms with Crippen molar-refractivity contribution in [1.82, 2.24) is 5.32 Å². The Balaban J connectivity index is 3.53. The summed E-state index contributed by atoms with van der Waals surface area (Å²) in [5, 5.41) is 29.4. The van der Waals surface area contributed by atoms with Crippen molar-refractivity contribution in [3.8, 4) is 0 Å². The second-order valence-electron chi connectivity index (χ2n) is 3.70. The van der Waals surface area contributed by atoms with Gasteiger partial charge in [0, 0.05) is 13.2 Å². The van der Waals surface area contributed by atoms with Gasteiger partial charge in [-0.15, -0.1) is 0 Å². The first kappa shape index (κ1) is 14.3. The molecule has 0 aliphatic rings. The first-order valence-electron chi connectivity index (χ1n) is 5.31. The molecule has 2 unspecified atom stereocenters. The normalized spacial score (nSPS) is 14.9. The van der Waals surface area contributed by atoms with Crippen molar-refractivity contribution in [3.63, 3.8) is 0 Å². The monoisotopic (exact) mass is 219 g/mol. The van der Waals surface area contributed by atoms with Crippen LogP contribution in [0.4, 0.5) is 0 Å². The minimum absolute atomic E-state index is 0.165. The number of aliphatic hydroxyl groups excluding tert-OH is 2. The zero-order valence-corrected chi connectivity index (χ0v) is 9.15. The summed E-state index contributed by atoms with van der Waals surface area (Å²) in [7, 11) is 0. The molecule has 0 amide bonds. The highest BCUT2D eigenvalue weighted by atomic mass is 16.4. The summed E-state index contributed by atoms with van der Waals surface area (Å²) in [4.78, 5) is 10.2. The summed E-state index contributed by atoms with van der Waals surface area (Å²) < 4.78 is 0. The largest absolute Gasteiger partial charge is 0.481 e. The number of hydrogen-bond acceptors (Lipinski definition) is 4. The maximum atomic E-state index is 10.2. The van der Waals surface area contributed by atoms with Gasteiger partial charge < -0.3 is 20.6 Å². The highest BCUT2D eigenvalue weighted by Crippen LogP contribution is 2.05. The third-order valence-corrected chi connectivity index (χ3v) is 2.34. The average Bonchev–Trinajstić information content (AvgIpc) is 2.15. The average molecular weight is 219 g/mol. The highest BCUT2D eigenvalue weighted by Gasteiger charge is 2.10. The second-order valence-corrected chi connectivity index (χ2v) is 3.70. The number of carboxylic acids is 1. The molecule has 0 aromatic carbocycles. The van der Waals surface area contributed by atoms with Crippen LogP contribution in [0, 0.1) is 5.92 Å². The van der Waals surface area contributed by atoms with E-state index in [2.05, 4.69) is 5.32 Å². The van der Waals surface area contributed by atoms with Crippen LogP contribution in [-0.2, 0) is 4.79 Å². The lowest BCUT2D eigenvalue weighted by molar-refractivity contribution is -0.139. The molecule has 0 fully saturated rings. The van der Waals surface area contributed by atoms with Gasteiger partial charge in [0.2, 0.25) is 0 Å². The topological polar surface area (TPSA) is 89.8 Å². The molecule has 0 saturated heterocycles. The van der Waals surface area contributed by atoms with Gasteiger partial charge in [-0.3, -0.25) is 4.79 Å². The Morgan fingerprint density at radius 1 is 1.40 bits per heavy atom. The SMILES string of the molecule is CCC(CCO)CNCC(O)CC(=O)O. The van der Waals surface area contributed by atoms with Crippen LogP contribution >= 0.6 is 0 Å². The van der Waals surface area contributed by atoms with E-state index < -0.39 is 12.1 Å². The van der Waals surface area contributed by atoms with Crippen LogP contribution in [0.2, 0.25) is 0 Å². The van der Waals surface area contributed by atoms with Gasteiger partial charge in [0.05, 0.1) is 12.5 Å². The Hall–Kier alpha value is -0.650. The van der Waals surface area contributed by atoms with Crippen LogP contribution in [0.3, 0.4) is 0 Å². The lowest BCUT2D eigenvalue weighted by atomic mass is 10.0. The molecular weight excluding hydrogens is 198 g/mol. The first-order chi connectivity index (χ1) is 7.10. The molecule has 90 valence electrons. The molecule has 0 aliphatic carbocycles. The van der Waals surface area contributed by atoms with Crippen LogP contribution in [0.5, 0.6) is 0 Å². The van der Waals surface area contributed by atoms with Gasteiger partial charge in [-0.25, -0.2) is 0 Å². The molecule has 15 heavy (non-hydrogen) atoms. The summed E-state index contributed by atoms with van der Waals surface area (Å²) >= 11 is 0. The molecular formula is C10H21NO4. The van der Waals surface area contributed by atoms with E-state index in [0.717, 1.165) is 12.8 Å². The van der Waals surface area contributed by atoms with E-state index in [1.54, 1.807) is 0 Å². The fraction of sp³-hybridized carbons (Fsp3) is 0.900. The predicted octanol–water partition coefficient (Wildman–Crippen LogP) is -0.180. The molecule has 4 N–H and O–H groups in total. The minimum atomic E-state index is -0.994. The van der Waals surface area contributed by atoms with Crippen LogP contribution in [0.1, 0.15) is 26.2 Å². The Kier molecular flexibility index (Phi) is 8.27. The molecule has 0 radical (unpaired) electrons. The number of aliphatic hydroxyl groups is 2. The fourth-order valence-electron chi connectivity index (χ4n) is 1.36. The third kappa shape index (κ3) is 8.35. The summed E-state index contributed by atoms with van der Waals surface area (Å²) in [6, 6.07) is 0. The van der Waals surface area contributed by atoms with Gasteiger partial charge in [-0.05, 0) is 18.9 Å². The van der Waals surface area contributed by atoms with E-state index in [4.69, 9.17) is 10.2 Å². The number of nitrogens with one attached hydrogen (secondary N) is 1. The molecule has 0 aromatic rings. The number of rotatable bonds is 9. The third-order valence-electron chi connectivity index (χ3n) is 2.34. The first-order valence-corrected chi connectivity index (χ1v) is 5.31. The van der Waals surface area contributed by atoms with E-state index >= 15 is 0 Å². The van der Waals surface area contributed by atoms with Crippen molar-refractivity contribution in [2.75, 3.05) is 19.7 Å². The summed E-state index contributed by atoms with van der Waals surface area (Å²) in [5.41, 5.74) is 0. The van der Waals surface area contributed by atoms with Gasteiger partial charge in [0.1, 0.15) is 0 Å². The van der Waals surface area contributed by atoms with Crippen LogP contribution in [-0.4, -0.2) is 47.1 Å². The van der Waals surface area contributed by atoms with Crippen LogP contribution in [0.15, 0.2) is 0 Å². The summed E-state index contributed by atoms with van der Waals surface area (Å²) in [6.45, 7) is 3.19. The standard InChI is InChI=1S/C10H21NO4/c1-2-8(3-4-12)6-11-7-9(13)5-10(14)15/h8-9,11-13H,2-7H2,1H3,(H,14,15). The van der Waals surface area contributed by atoms with Gasteiger partial charge in [-0.2, -0.15) is 0 Å². The Bertz CT molecular complexity index is 175. The van der Waals surface area contributed by atoms with E-state index in [9.17, 15) is 9.90 Å². The minimum Gasteiger partial charge on any atom is -0.481 e. The smallest absolute Gasteiger partial charge is 0.306 e. The maximum Gasteiger partial charge on any atom is 0.306 e. The van der Waals surface area contributed by atoms with Crippen LogP contribution in [0.25, 0.3) is 0 Å². The Morgan fingerprint density at radius 3 is 2.53 bits per heavy atom. The van der Waals surface area contributed by atoms with Crippen molar-refractivity contribution in [2.24, 2.45) is 5.92 Å². The van der Waals surface area contributed by atoms with Crippen molar-refractivity contribution in [3.05, 3.63) is 0 Å². The summed E-state index contributed by atoms with van der Waals surface area (Å²) in [6.07, 6.45) is 0.624. The van der Waals surface area contributed by atoms with E-state index in [0.29, 0.717) is 12.5 Å². The molecule has 0 aliphatic heterocycles. The number of carboxylic acid groups (broad SMARTS) is 1.